The fourth-order valence-electron chi connectivity index (χ4n) is 0.629. The molecule has 64 valence electrons. The van der Waals surface area contributed by atoms with Crippen LogP contribution in [0, 0.1) is 5.53 Å². The first kappa shape index (κ1) is 13.1. The SMILES string of the molecule is N=Nc1ccc(SOO[O-])cc1.[Na+]. The van der Waals surface area contributed by atoms with Crippen molar-refractivity contribution in [2.24, 2.45) is 5.11 Å². The summed E-state index contributed by atoms with van der Waals surface area (Å²) in [5, 5.41) is 15.8. The average Bonchev–Trinajstić information content (AvgIpc) is 2.15. The molecular weight excluding hydrogens is 203 g/mol. The number of hydrogen-bond donors (Lipinski definition) is 1. The monoisotopic (exact) mass is 208 g/mol. The van der Waals surface area contributed by atoms with Gasteiger partial charge in [0.1, 0.15) is 0 Å². The molecule has 7 heteroatoms. The molecular formula is C6H5N2NaO3S. The molecule has 0 aliphatic heterocycles. The van der Waals surface area contributed by atoms with E-state index in [1.807, 2.05) is 0 Å². The minimum atomic E-state index is 0. The molecule has 0 aliphatic rings. The molecule has 0 aromatic heterocycles. The van der Waals surface area contributed by atoms with E-state index in [0.717, 1.165) is 12.0 Å². The summed E-state index contributed by atoms with van der Waals surface area (Å²) in [5.41, 5.74) is 7.21. The van der Waals surface area contributed by atoms with Gasteiger partial charge < -0.3 is 5.26 Å². The van der Waals surface area contributed by atoms with Gasteiger partial charge in [0.15, 0.2) is 0 Å². The van der Waals surface area contributed by atoms with Gasteiger partial charge in [0.2, 0.25) is 0 Å². The van der Waals surface area contributed by atoms with Crippen LogP contribution in [0.2, 0.25) is 0 Å². The van der Waals surface area contributed by atoms with Crippen molar-refractivity contribution >= 4 is 17.7 Å². The Labute approximate surface area is 101 Å². The van der Waals surface area contributed by atoms with Crippen LogP contribution in [0.1, 0.15) is 0 Å². The van der Waals surface area contributed by atoms with Gasteiger partial charge in [-0.15, -0.1) is 0 Å². The Morgan fingerprint density at radius 2 is 1.92 bits per heavy atom. The zero-order valence-electron chi connectivity index (χ0n) is 6.89. The van der Waals surface area contributed by atoms with Crippen LogP contribution in [-0.4, -0.2) is 0 Å². The van der Waals surface area contributed by atoms with E-state index in [-0.39, 0.29) is 29.6 Å². The molecule has 0 spiro atoms. The van der Waals surface area contributed by atoms with E-state index in [1.54, 1.807) is 24.3 Å². The molecule has 5 nitrogen and oxygen atoms in total. The second-order valence-electron chi connectivity index (χ2n) is 1.83. The smallest absolute Gasteiger partial charge is 0.691 e. The number of benzene rings is 1. The maximum Gasteiger partial charge on any atom is 1.00 e. The van der Waals surface area contributed by atoms with Crippen LogP contribution in [-0.2, 0) is 9.37 Å². The minimum absolute atomic E-state index is 0. The van der Waals surface area contributed by atoms with Crippen molar-refractivity contribution < 1.29 is 44.2 Å². The van der Waals surface area contributed by atoms with E-state index in [9.17, 15) is 5.26 Å². The van der Waals surface area contributed by atoms with Gasteiger partial charge in [-0.3, -0.25) is 5.04 Å². The van der Waals surface area contributed by atoms with Crippen LogP contribution in [0.3, 0.4) is 0 Å². The zero-order chi connectivity index (χ0) is 8.81. The van der Waals surface area contributed by atoms with Gasteiger partial charge in [-0.05, 0) is 24.3 Å². The number of hydrogen-bond acceptors (Lipinski definition) is 6. The summed E-state index contributed by atoms with van der Waals surface area (Å²) in [6.45, 7) is 0. The van der Waals surface area contributed by atoms with E-state index >= 15 is 0 Å². The second kappa shape index (κ2) is 7.45. The maximum absolute atomic E-state index is 9.43. The summed E-state index contributed by atoms with van der Waals surface area (Å²) in [6.07, 6.45) is 0. The Hall–Kier alpha value is 0.0500. The van der Waals surface area contributed by atoms with Crippen LogP contribution in [0.15, 0.2) is 34.3 Å². The Morgan fingerprint density at radius 1 is 1.31 bits per heavy atom. The van der Waals surface area contributed by atoms with E-state index in [0.29, 0.717) is 10.6 Å². The molecule has 0 saturated carbocycles. The first-order valence-corrected chi connectivity index (χ1v) is 3.71. The standard InChI is InChI=1S/C6H6N2O3S.Na/c7-8-5-1-3-6(4-2-5)12-11-10-9;/h1-4,7,9H;/q;+1/p-1. The molecule has 0 atom stereocenters. The van der Waals surface area contributed by atoms with Crippen LogP contribution < -0.4 is 34.8 Å². The summed E-state index contributed by atoms with van der Waals surface area (Å²) in [6, 6.07) is 6.58. The van der Waals surface area contributed by atoms with Gasteiger partial charge in [0, 0.05) is 4.90 Å². The predicted octanol–water partition coefficient (Wildman–Crippen LogP) is -1.42. The van der Waals surface area contributed by atoms with Gasteiger partial charge >= 0.3 is 29.6 Å². The molecule has 1 N–H and O–H groups in total. The molecule has 1 aromatic carbocycles. The van der Waals surface area contributed by atoms with Crippen molar-refractivity contribution in [2.75, 3.05) is 0 Å². The molecule has 1 rings (SSSR count). The number of nitrogens with zero attached hydrogens (tertiary/aromatic N) is 1. The van der Waals surface area contributed by atoms with Crippen molar-refractivity contribution in [3.8, 4) is 0 Å². The Kier molecular flexibility index (Phi) is 7.48. The predicted molar refractivity (Wildman–Crippen MR) is 39.3 cm³/mol. The van der Waals surface area contributed by atoms with Gasteiger partial charge in [0.25, 0.3) is 0 Å². The summed E-state index contributed by atoms with van der Waals surface area (Å²) >= 11 is 0.802. The molecule has 0 amide bonds. The fourth-order valence-corrected chi connectivity index (χ4v) is 0.983. The van der Waals surface area contributed by atoms with Crippen LogP contribution in [0.4, 0.5) is 5.69 Å². The summed E-state index contributed by atoms with van der Waals surface area (Å²) < 4.78 is 4.08. The first-order valence-electron chi connectivity index (χ1n) is 2.97. The largest absolute Gasteiger partial charge is 1.00 e. The zero-order valence-corrected chi connectivity index (χ0v) is 9.71. The topological polar surface area (TPSA) is 77.7 Å². The average molecular weight is 208 g/mol. The third-order valence-electron chi connectivity index (χ3n) is 1.12. The molecule has 0 radical (unpaired) electrons. The minimum Gasteiger partial charge on any atom is -0.691 e. The Bertz CT molecular complexity index is 257. The van der Waals surface area contributed by atoms with E-state index in [1.165, 1.54) is 0 Å². The molecule has 0 aliphatic carbocycles. The molecule has 0 bridgehead atoms. The van der Waals surface area contributed by atoms with Gasteiger partial charge in [-0.2, -0.15) is 9.45 Å². The molecule has 0 heterocycles. The van der Waals surface area contributed by atoms with E-state index in [2.05, 4.69) is 14.5 Å². The quantitative estimate of drug-likeness (QED) is 0.217. The van der Waals surface area contributed by atoms with Crippen LogP contribution in [0.5, 0.6) is 0 Å². The molecule has 13 heavy (non-hydrogen) atoms. The van der Waals surface area contributed by atoms with Crippen LogP contribution >= 0.6 is 12.0 Å². The number of rotatable bonds is 4. The third-order valence-corrected chi connectivity index (χ3v) is 1.71. The molecule has 1 aromatic rings. The summed E-state index contributed by atoms with van der Waals surface area (Å²) in [4.78, 5) is 0.707. The maximum atomic E-state index is 9.43. The molecule has 0 unspecified atom stereocenters. The molecule has 0 fully saturated rings. The first-order chi connectivity index (χ1) is 5.86. The van der Waals surface area contributed by atoms with Gasteiger partial charge in [-0.1, -0.05) is 0 Å². The molecule has 0 saturated heterocycles. The van der Waals surface area contributed by atoms with E-state index in [4.69, 9.17) is 5.53 Å². The second-order valence-corrected chi connectivity index (χ2v) is 2.60. The Morgan fingerprint density at radius 3 is 2.38 bits per heavy atom. The van der Waals surface area contributed by atoms with Crippen molar-refractivity contribution in [1.82, 2.24) is 0 Å². The Balaban J connectivity index is 0.00000144. The van der Waals surface area contributed by atoms with Crippen molar-refractivity contribution in [3.05, 3.63) is 24.3 Å². The van der Waals surface area contributed by atoms with E-state index < -0.39 is 0 Å². The van der Waals surface area contributed by atoms with Gasteiger partial charge in [-0.25, -0.2) is 5.53 Å². The van der Waals surface area contributed by atoms with Crippen molar-refractivity contribution in [3.63, 3.8) is 0 Å². The fraction of sp³-hybridized carbons (Fsp3) is 0. The summed E-state index contributed by atoms with van der Waals surface area (Å²) in [7, 11) is 0. The normalized spacial score (nSPS) is 9.00. The van der Waals surface area contributed by atoms with Crippen molar-refractivity contribution in [1.29, 1.82) is 5.53 Å². The van der Waals surface area contributed by atoms with Crippen LogP contribution in [0.25, 0.3) is 0 Å². The summed E-state index contributed by atoms with van der Waals surface area (Å²) in [5.74, 6) is 0. The third kappa shape index (κ3) is 4.72. The number of nitrogens with one attached hydrogen (secondary N) is 1. The van der Waals surface area contributed by atoms with Gasteiger partial charge in [0.05, 0.1) is 17.7 Å². The van der Waals surface area contributed by atoms with Crippen molar-refractivity contribution in [2.45, 2.75) is 4.90 Å².